The van der Waals surface area contributed by atoms with Crippen LogP contribution < -0.4 is 14.8 Å². The fraction of sp³-hybridized carbons (Fsp3) is 0.261. The third kappa shape index (κ3) is 6.74. The van der Waals surface area contributed by atoms with Gasteiger partial charge < -0.3 is 24.1 Å². The predicted octanol–water partition coefficient (Wildman–Crippen LogP) is 4.95. The molecule has 0 radical (unpaired) electrons. The van der Waals surface area contributed by atoms with Crippen molar-refractivity contribution in [3.63, 3.8) is 0 Å². The van der Waals surface area contributed by atoms with Crippen LogP contribution >= 0.6 is 0 Å². The van der Waals surface area contributed by atoms with Crippen molar-refractivity contribution in [2.45, 2.75) is 39.8 Å². The van der Waals surface area contributed by atoms with Gasteiger partial charge in [0.05, 0.1) is 16.8 Å². The van der Waals surface area contributed by atoms with E-state index >= 15 is 0 Å². The summed E-state index contributed by atoms with van der Waals surface area (Å²) in [5.74, 6) is -0.799. The molecule has 1 heterocycles. The molecule has 1 N–H and O–H groups in total. The Labute approximate surface area is 192 Å². The zero-order valence-corrected chi connectivity index (χ0v) is 18.4. The van der Waals surface area contributed by atoms with E-state index in [1.807, 2.05) is 0 Å². The van der Waals surface area contributed by atoms with Crippen molar-refractivity contribution in [3.8, 4) is 11.5 Å². The standard InChI is InChI=1S/C23H21F3N2O6/c1-13-20(14(2)34-28-13)12-31-19-6-4-5-16(11-19)22(30)32-15(3)21(29)27-17-7-9-18(10-8-17)33-23(24,25)26/h4-11,15H,12H2,1-3H3,(H,27,29). The largest absolute Gasteiger partial charge is 0.573 e. The molecule has 1 atom stereocenters. The van der Waals surface area contributed by atoms with E-state index in [1.54, 1.807) is 26.0 Å². The summed E-state index contributed by atoms with van der Waals surface area (Å²) in [7, 11) is 0. The first kappa shape index (κ1) is 24.6. The number of aryl methyl sites for hydroxylation is 2. The van der Waals surface area contributed by atoms with Gasteiger partial charge in [0.25, 0.3) is 5.91 Å². The van der Waals surface area contributed by atoms with Crippen LogP contribution in [0.2, 0.25) is 0 Å². The summed E-state index contributed by atoms with van der Waals surface area (Å²) in [5, 5.41) is 6.31. The molecule has 34 heavy (non-hydrogen) atoms. The number of nitrogens with zero attached hydrogens (tertiary/aromatic N) is 1. The van der Waals surface area contributed by atoms with Gasteiger partial charge in [0.15, 0.2) is 6.10 Å². The van der Waals surface area contributed by atoms with Gasteiger partial charge in [0.2, 0.25) is 0 Å². The number of esters is 1. The Hall–Kier alpha value is -4.02. The highest BCUT2D eigenvalue weighted by atomic mass is 19.4. The smallest absolute Gasteiger partial charge is 0.489 e. The van der Waals surface area contributed by atoms with Crippen LogP contribution in [0.5, 0.6) is 11.5 Å². The number of nitrogens with one attached hydrogen (secondary N) is 1. The summed E-state index contributed by atoms with van der Waals surface area (Å²) in [4.78, 5) is 24.8. The van der Waals surface area contributed by atoms with Gasteiger partial charge in [-0.2, -0.15) is 0 Å². The number of amides is 1. The van der Waals surface area contributed by atoms with E-state index in [2.05, 4.69) is 15.2 Å². The van der Waals surface area contributed by atoms with E-state index in [4.69, 9.17) is 14.0 Å². The second-order valence-electron chi connectivity index (χ2n) is 7.23. The summed E-state index contributed by atoms with van der Waals surface area (Å²) in [6, 6.07) is 10.8. The van der Waals surface area contributed by atoms with Gasteiger partial charge in [-0.05, 0) is 63.2 Å². The topological polar surface area (TPSA) is 99.9 Å². The fourth-order valence-corrected chi connectivity index (χ4v) is 2.84. The van der Waals surface area contributed by atoms with Crippen molar-refractivity contribution in [2.75, 3.05) is 5.32 Å². The van der Waals surface area contributed by atoms with Gasteiger partial charge in [0.1, 0.15) is 23.9 Å². The molecule has 0 aliphatic carbocycles. The predicted molar refractivity (Wildman–Crippen MR) is 113 cm³/mol. The molecule has 2 aromatic carbocycles. The first-order valence-electron chi connectivity index (χ1n) is 10.0. The highest BCUT2D eigenvalue weighted by Gasteiger charge is 2.31. The number of anilines is 1. The Balaban J connectivity index is 1.55. The monoisotopic (exact) mass is 478 g/mol. The Morgan fingerprint density at radius 2 is 1.79 bits per heavy atom. The Kier molecular flexibility index (Phi) is 7.44. The van der Waals surface area contributed by atoms with Crippen molar-refractivity contribution in [1.29, 1.82) is 0 Å². The summed E-state index contributed by atoms with van der Waals surface area (Å²) < 4.78 is 56.4. The molecule has 0 aliphatic heterocycles. The second-order valence-corrected chi connectivity index (χ2v) is 7.23. The number of alkyl halides is 3. The molecular formula is C23H21F3N2O6. The van der Waals surface area contributed by atoms with Crippen molar-refractivity contribution in [1.82, 2.24) is 5.16 Å². The van der Waals surface area contributed by atoms with Crippen molar-refractivity contribution in [3.05, 3.63) is 71.1 Å². The van der Waals surface area contributed by atoms with Crippen LogP contribution in [0, 0.1) is 13.8 Å². The quantitative estimate of drug-likeness (QED) is 0.457. The lowest BCUT2D eigenvalue weighted by Crippen LogP contribution is -2.30. The Bertz CT molecular complexity index is 1140. The minimum absolute atomic E-state index is 0.171. The van der Waals surface area contributed by atoms with Crippen LogP contribution in [-0.2, 0) is 16.1 Å². The Morgan fingerprint density at radius 1 is 1.09 bits per heavy atom. The van der Waals surface area contributed by atoms with Crippen LogP contribution in [0.3, 0.4) is 0 Å². The molecule has 8 nitrogen and oxygen atoms in total. The molecule has 0 bridgehead atoms. The first-order valence-corrected chi connectivity index (χ1v) is 10.0. The lowest BCUT2D eigenvalue weighted by molar-refractivity contribution is -0.274. The number of rotatable bonds is 8. The number of carbonyl (C=O) groups excluding carboxylic acids is 2. The molecule has 1 unspecified atom stereocenters. The normalized spacial score (nSPS) is 12.1. The van der Waals surface area contributed by atoms with Gasteiger partial charge in [-0.1, -0.05) is 11.2 Å². The molecule has 0 saturated heterocycles. The van der Waals surface area contributed by atoms with E-state index in [0.29, 0.717) is 17.2 Å². The van der Waals surface area contributed by atoms with Crippen LogP contribution in [0.4, 0.5) is 18.9 Å². The summed E-state index contributed by atoms with van der Waals surface area (Å²) >= 11 is 0. The summed E-state index contributed by atoms with van der Waals surface area (Å²) in [6.45, 7) is 5.13. The van der Waals surface area contributed by atoms with E-state index in [1.165, 1.54) is 31.2 Å². The minimum atomic E-state index is -4.82. The minimum Gasteiger partial charge on any atom is -0.489 e. The molecule has 3 rings (SSSR count). The molecule has 1 aromatic heterocycles. The lowest BCUT2D eigenvalue weighted by Gasteiger charge is -2.14. The fourth-order valence-electron chi connectivity index (χ4n) is 2.84. The number of aromatic nitrogens is 1. The number of hydrogen-bond donors (Lipinski definition) is 1. The maximum atomic E-state index is 12.5. The number of benzene rings is 2. The molecule has 180 valence electrons. The van der Waals surface area contributed by atoms with E-state index in [-0.39, 0.29) is 17.9 Å². The molecule has 1 amide bonds. The van der Waals surface area contributed by atoms with Crippen LogP contribution in [0.1, 0.15) is 34.3 Å². The number of ether oxygens (including phenoxy) is 3. The molecule has 0 spiro atoms. The van der Waals surface area contributed by atoms with Crippen LogP contribution in [-0.4, -0.2) is 29.5 Å². The van der Waals surface area contributed by atoms with Crippen LogP contribution in [0.25, 0.3) is 0 Å². The Morgan fingerprint density at radius 3 is 2.41 bits per heavy atom. The third-order valence-electron chi connectivity index (χ3n) is 4.64. The molecule has 0 fully saturated rings. The van der Waals surface area contributed by atoms with Crippen molar-refractivity contribution >= 4 is 17.6 Å². The lowest BCUT2D eigenvalue weighted by atomic mass is 10.2. The van der Waals surface area contributed by atoms with Gasteiger partial charge in [-0.15, -0.1) is 13.2 Å². The SMILES string of the molecule is Cc1noc(C)c1COc1cccc(C(=O)OC(C)C(=O)Nc2ccc(OC(F)(F)F)cc2)c1. The van der Waals surface area contributed by atoms with Crippen molar-refractivity contribution in [2.24, 2.45) is 0 Å². The maximum Gasteiger partial charge on any atom is 0.573 e. The molecule has 0 saturated carbocycles. The molecular weight excluding hydrogens is 457 g/mol. The second kappa shape index (κ2) is 10.3. The zero-order valence-electron chi connectivity index (χ0n) is 18.4. The summed E-state index contributed by atoms with van der Waals surface area (Å²) in [6.07, 6.45) is -5.99. The molecule has 11 heteroatoms. The molecule has 0 aliphatic rings. The van der Waals surface area contributed by atoms with Gasteiger partial charge in [-0.3, -0.25) is 4.79 Å². The van der Waals surface area contributed by atoms with Crippen molar-refractivity contribution < 1.29 is 41.5 Å². The maximum absolute atomic E-state index is 12.5. The number of halogens is 3. The van der Waals surface area contributed by atoms with E-state index in [9.17, 15) is 22.8 Å². The average Bonchev–Trinajstić information content (AvgIpc) is 3.10. The number of carbonyl (C=O) groups is 2. The average molecular weight is 478 g/mol. The van der Waals surface area contributed by atoms with Gasteiger partial charge in [0, 0.05) is 5.69 Å². The van der Waals surface area contributed by atoms with Gasteiger partial charge in [-0.25, -0.2) is 4.79 Å². The third-order valence-corrected chi connectivity index (χ3v) is 4.64. The van der Waals surface area contributed by atoms with E-state index < -0.39 is 30.1 Å². The number of hydrogen-bond acceptors (Lipinski definition) is 7. The molecule has 3 aromatic rings. The zero-order chi connectivity index (χ0) is 24.9. The van der Waals surface area contributed by atoms with Gasteiger partial charge >= 0.3 is 12.3 Å². The highest BCUT2D eigenvalue weighted by molar-refractivity contribution is 5.97. The van der Waals surface area contributed by atoms with Crippen LogP contribution in [0.15, 0.2) is 53.1 Å². The highest BCUT2D eigenvalue weighted by Crippen LogP contribution is 2.24. The first-order chi connectivity index (χ1) is 16.0. The van der Waals surface area contributed by atoms with E-state index in [0.717, 1.165) is 17.7 Å². The summed E-state index contributed by atoms with van der Waals surface area (Å²) in [5.41, 5.74) is 1.88.